The number of hydrogen-bond acceptors (Lipinski definition) is 12. The van der Waals surface area contributed by atoms with Crippen LogP contribution in [0.2, 0.25) is 0 Å². The van der Waals surface area contributed by atoms with Crippen molar-refractivity contribution in [3.63, 3.8) is 0 Å². The number of unbranched alkanes of at least 4 members (excludes halogenated alkanes) is 10. The van der Waals surface area contributed by atoms with Gasteiger partial charge < -0.3 is 28.4 Å². The highest BCUT2D eigenvalue weighted by atomic mass is 32.1. The molecule has 3 saturated carbocycles. The van der Waals surface area contributed by atoms with E-state index in [0.717, 1.165) is 186 Å². The molecular weight excluding hydrogens is 1130 g/mol. The van der Waals surface area contributed by atoms with Crippen LogP contribution in [0.15, 0.2) is 98.1 Å². The third-order valence-corrected chi connectivity index (χ3v) is 20.4. The Hall–Kier alpha value is -6.22. The zero-order chi connectivity index (χ0) is 60.4. The minimum absolute atomic E-state index is 0.263. The summed E-state index contributed by atoms with van der Waals surface area (Å²) in [5.41, 5.74) is 4.41. The number of hydrogen-bond donors (Lipinski definition) is 0. The smallest absolute Gasteiger partial charge is 0.330 e. The van der Waals surface area contributed by atoms with Gasteiger partial charge in [-0.25, -0.2) is 18.4 Å². The lowest BCUT2D eigenvalue weighted by Crippen LogP contribution is -2.31. The van der Waals surface area contributed by atoms with Gasteiger partial charge >= 0.3 is 23.9 Å². The summed E-state index contributed by atoms with van der Waals surface area (Å²) >= 11 is 2.89. The molecule has 0 N–H and O–H groups in total. The van der Waals surface area contributed by atoms with E-state index in [-0.39, 0.29) is 47.3 Å². The van der Waals surface area contributed by atoms with Gasteiger partial charge in [0, 0.05) is 39.3 Å². The van der Waals surface area contributed by atoms with Crippen LogP contribution in [0.1, 0.15) is 177 Å². The Morgan fingerprint density at radius 3 is 1.37 bits per heavy atom. The van der Waals surface area contributed by atoms with Crippen LogP contribution >= 0.6 is 22.7 Å². The molecule has 0 bridgehead atoms. The predicted molar refractivity (Wildman–Crippen MR) is 340 cm³/mol. The summed E-state index contributed by atoms with van der Waals surface area (Å²) in [4.78, 5) is 53.4. The van der Waals surface area contributed by atoms with Gasteiger partial charge in [0.25, 0.3) is 0 Å². The first-order valence-corrected chi connectivity index (χ1v) is 33.4. The minimum atomic E-state index is -0.371. The molecule has 9 rings (SSSR count). The van der Waals surface area contributed by atoms with Crippen LogP contribution in [0.4, 0.5) is 8.78 Å². The average molecular weight is 1210 g/mol. The van der Waals surface area contributed by atoms with Gasteiger partial charge in [-0.3, -0.25) is 9.59 Å². The number of carbonyl (C=O) groups is 4. The van der Waals surface area contributed by atoms with Crippen molar-refractivity contribution in [3.05, 3.63) is 126 Å². The van der Waals surface area contributed by atoms with Crippen molar-refractivity contribution in [2.45, 2.75) is 180 Å². The van der Waals surface area contributed by atoms with E-state index in [4.69, 9.17) is 28.4 Å². The van der Waals surface area contributed by atoms with Crippen molar-refractivity contribution in [3.8, 4) is 38.1 Å². The van der Waals surface area contributed by atoms with Gasteiger partial charge in [0.15, 0.2) is 11.5 Å². The number of carbonyl (C=O) groups excluding carboxylic acids is 4. The van der Waals surface area contributed by atoms with Gasteiger partial charge in [-0.05, 0) is 211 Å². The molecule has 0 radical (unpaired) electrons. The van der Waals surface area contributed by atoms with E-state index >= 15 is 0 Å². The molecule has 3 aliphatic rings. The van der Waals surface area contributed by atoms with Crippen molar-refractivity contribution >= 4 is 66.7 Å². The highest BCUT2D eigenvalue weighted by molar-refractivity contribution is 7.24. The number of esters is 4. The van der Waals surface area contributed by atoms with E-state index in [1.165, 1.54) is 64.7 Å². The normalized spacial score (nSPS) is 19.7. The molecule has 0 saturated heterocycles. The molecule has 0 unspecified atom stereocenters. The molecule has 10 nitrogen and oxygen atoms in total. The number of benzene rings is 4. The van der Waals surface area contributed by atoms with Crippen molar-refractivity contribution in [1.29, 1.82) is 0 Å². The van der Waals surface area contributed by atoms with E-state index in [0.29, 0.717) is 88.2 Å². The first-order valence-electron chi connectivity index (χ1n) is 31.8. The van der Waals surface area contributed by atoms with Crippen LogP contribution < -0.4 is 14.2 Å². The van der Waals surface area contributed by atoms with Crippen LogP contribution in [0.5, 0.6) is 17.2 Å². The number of fused-ring (bicyclic) bond motifs is 2. The Kier molecular flexibility index (Phi) is 24.0. The van der Waals surface area contributed by atoms with Crippen molar-refractivity contribution in [2.75, 3.05) is 26.4 Å². The molecule has 6 aromatic rings. The van der Waals surface area contributed by atoms with E-state index < -0.39 is 0 Å². The predicted octanol–water partition coefficient (Wildman–Crippen LogP) is 19.0. The quantitative estimate of drug-likeness (QED) is 0.0186. The SMILES string of the molecule is C=CC(=O)OCCCCCCCCOc1ccc(C2CCC(C(=O)Oc3c4cc(-c5ccc(F)cc5C)sc4c(OC(=O)C4CCC(C5CCC(OCCCCCCCCOC(=O)C=C)CC5)CC4)c4cc(-c5ccc(F)cc5C)sc34)CC2)cc1. The summed E-state index contributed by atoms with van der Waals surface area (Å²) < 4.78 is 66.5. The van der Waals surface area contributed by atoms with E-state index in [1.54, 1.807) is 12.1 Å². The molecule has 3 aliphatic carbocycles. The number of rotatable bonds is 30. The number of thiophene rings is 2. The van der Waals surface area contributed by atoms with E-state index in [2.05, 4.69) is 25.3 Å². The Bertz CT molecular complexity index is 3140. The molecule has 3 fully saturated rings. The van der Waals surface area contributed by atoms with Crippen molar-refractivity contribution < 1.29 is 56.4 Å². The first-order chi connectivity index (χ1) is 41.8. The Morgan fingerprint density at radius 1 is 0.500 bits per heavy atom. The molecule has 86 heavy (non-hydrogen) atoms. The fourth-order valence-corrected chi connectivity index (χ4v) is 15.6. The Balaban J connectivity index is 0.837. The average Bonchev–Trinajstić information content (AvgIpc) is 1.80. The fourth-order valence-electron chi connectivity index (χ4n) is 13.1. The molecule has 4 aromatic carbocycles. The van der Waals surface area contributed by atoms with E-state index in [1.807, 2.05) is 38.1 Å². The van der Waals surface area contributed by atoms with Crippen molar-refractivity contribution in [1.82, 2.24) is 0 Å². The Morgan fingerprint density at radius 2 is 0.919 bits per heavy atom. The standard InChI is InChI=1S/C72H86F2O10S2/c1-5-65(75)81-41-17-13-9-7-11-15-39-79-57-33-27-51(28-34-57)49-19-23-53(24-20-49)71(77)83-67-61-45-63(59-37-31-55(73)43-47(59)3)86-70(61)68(62-46-64(85-69(62)67)60-38-32-56(74)44-48(60)4)84-72(78)54-25-21-50(22-26-54)52-29-35-58(36-30-52)80-40-16-12-8-10-14-18-42-82-66(76)6-2/h5-6,27-28,31-34,37-38,43-46,49-50,52-54,58H,1-2,7-26,29-30,35-36,39-42H2,3-4H3. The summed E-state index contributed by atoms with van der Waals surface area (Å²) in [6.45, 7) is 12.9. The maximum Gasteiger partial charge on any atom is 0.330 e. The van der Waals surface area contributed by atoms with Crippen LogP contribution in [0, 0.1) is 49.2 Å². The monoisotopic (exact) mass is 1210 g/mol. The van der Waals surface area contributed by atoms with Crippen LogP contribution in [0.25, 0.3) is 41.1 Å². The molecular formula is C72H86F2O10S2. The third-order valence-electron chi connectivity index (χ3n) is 18.1. The molecule has 0 amide bonds. The summed E-state index contributed by atoms with van der Waals surface area (Å²) in [6.07, 6.45) is 26.1. The molecule has 14 heteroatoms. The lowest BCUT2D eigenvalue weighted by Gasteiger charge is -2.37. The fraction of sp³-hybridized carbons (Fsp3) is 0.500. The van der Waals surface area contributed by atoms with Crippen molar-refractivity contribution in [2.24, 2.45) is 23.7 Å². The second-order valence-corrected chi connectivity index (χ2v) is 26.2. The molecule has 0 atom stereocenters. The summed E-state index contributed by atoms with van der Waals surface area (Å²) in [5.74, 6) is 0.608. The van der Waals surface area contributed by atoms with Gasteiger partial charge in [0.1, 0.15) is 17.4 Å². The second-order valence-electron chi connectivity index (χ2n) is 24.1. The lowest BCUT2D eigenvalue weighted by atomic mass is 9.70. The van der Waals surface area contributed by atoms with Gasteiger partial charge in [-0.15, -0.1) is 22.7 Å². The molecule has 0 aliphatic heterocycles. The first kappa shape index (κ1) is 64.3. The van der Waals surface area contributed by atoms with Gasteiger partial charge in [-0.1, -0.05) is 88.8 Å². The second kappa shape index (κ2) is 32.1. The maximum atomic E-state index is 14.7. The topological polar surface area (TPSA) is 124 Å². The van der Waals surface area contributed by atoms with Gasteiger partial charge in [0.2, 0.25) is 0 Å². The summed E-state index contributed by atoms with van der Waals surface area (Å²) in [6, 6.07) is 21.8. The molecule has 460 valence electrons. The van der Waals surface area contributed by atoms with Crippen LogP contribution in [-0.2, 0) is 33.4 Å². The largest absolute Gasteiger partial charge is 0.494 e. The van der Waals surface area contributed by atoms with Gasteiger partial charge in [0.05, 0.1) is 47.2 Å². The van der Waals surface area contributed by atoms with Crippen LogP contribution in [0.3, 0.4) is 0 Å². The summed E-state index contributed by atoms with van der Waals surface area (Å²) in [7, 11) is 0. The maximum absolute atomic E-state index is 14.7. The van der Waals surface area contributed by atoms with Crippen LogP contribution in [-0.4, -0.2) is 56.4 Å². The highest BCUT2D eigenvalue weighted by Gasteiger charge is 2.36. The molecule has 2 heterocycles. The zero-order valence-corrected chi connectivity index (χ0v) is 52.0. The third kappa shape index (κ3) is 17.5. The number of halogens is 2. The summed E-state index contributed by atoms with van der Waals surface area (Å²) in [5, 5.41) is 1.31. The number of ether oxygens (including phenoxy) is 6. The van der Waals surface area contributed by atoms with Gasteiger partial charge in [-0.2, -0.15) is 0 Å². The number of aryl methyl sites for hydroxylation is 2. The van der Waals surface area contributed by atoms with E-state index in [9.17, 15) is 28.0 Å². The minimum Gasteiger partial charge on any atom is -0.494 e. The Labute approximate surface area is 515 Å². The lowest BCUT2D eigenvalue weighted by molar-refractivity contribution is -0.141. The highest BCUT2D eigenvalue weighted by Crippen LogP contribution is 2.54. The zero-order valence-electron chi connectivity index (χ0n) is 50.4. The molecule has 0 spiro atoms. The molecule has 2 aromatic heterocycles.